The van der Waals surface area contributed by atoms with E-state index in [4.69, 9.17) is 27.9 Å². The first kappa shape index (κ1) is 44.7. The number of phosphoric ester groups is 2. The van der Waals surface area contributed by atoms with Gasteiger partial charge in [-0.05, 0) is 37.5 Å². The lowest BCUT2D eigenvalue weighted by atomic mass is 9.78. The fourth-order valence-corrected chi connectivity index (χ4v) is 7.90. The van der Waals surface area contributed by atoms with Gasteiger partial charge in [-0.15, -0.1) is 0 Å². The first-order valence-electron chi connectivity index (χ1n) is 18.1. The van der Waals surface area contributed by atoms with Gasteiger partial charge in [-0.25, -0.2) is 9.13 Å². The molecule has 2 aliphatic rings. The topological polar surface area (TPSA) is 202 Å². The van der Waals surface area contributed by atoms with E-state index in [-0.39, 0.29) is 109 Å². The van der Waals surface area contributed by atoms with Crippen molar-refractivity contribution in [2.75, 3.05) is 78.9 Å². The zero-order valence-corrected chi connectivity index (χ0v) is 31.9. The third kappa shape index (κ3) is 17.4. The van der Waals surface area contributed by atoms with Crippen molar-refractivity contribution in [1.82, 2.24) is 14.7 Å². The highest BCUT2D eigenvalue weighted by Crippen LogP contribution is 2.44. The van der Waals surface area contributed by atoms with Crippen LogP contribution in [0, 0.1) is 11.8 Å². The van der Waals surface area contributed by atoms with E-state index in [2.05, 4.69) is 0 Å². The van der Waals surface area contributed by atoms with Gasteiger partial charge in [0, 0.05) is 58.5 Å². The van der Waals surface area contributed by atoms with Gasteiger partial charge in [0.05, 0.1) is 45.7 Å². The molecule has 50 heavy (non-hydrogen) atoms. The molecule has 292 valence electrons. The summed E-state index contributed by atoms with van der Waals surface area (Å²) in [5.41, 5.74) is 0. The molecule has 2 rings (SSSR count). The maximum absolute atomic E-state index is 12.5. The molecule has 0 aromatic rings. The molecule has 2 unspecified atom stereocenters. The number of carbonyl (C=O) groups is 3. The van der Waals surface area contributed by atoms with Gasteiger partial charge >= 0.3 is 15.6 Å². The van der Waals surface area contributed by atoms with E-state index >= 15 is 0 Å². The van der Waals surface area contributed by atoms with E-state index < -0.39 is 15.6 Å². The number of carbonyl (C=O) groups excluding carboxylic acids is 3. The highest BCUT2D eigenvalue weighted by Gasteiger charge is 2.30. The average Bonchev–Trinajstić information content (AvgIpc) is 3.64. The normalized spacial score (nSPS) is 20.6. The van der Waals surface area contributed by atoms with Gasteiger partial charge in [-0.3, -0.25) is 32.5 Å². The summed E-state index contributed by atoms with van der Waals surface area (Å²) in [6, 6.07) is 0. The fourth-order valence-electron chi connectivity index (χ4n) is 6.50. The van der Waals surface area contributed by atoms with Crippen LogP contribution in [0.15, 0.2) is 0 Å². The minimum Gasteiger partial charge on any atom is -0.395 e. The van der Waals surface area contributed by atoms with Crippen LogP contribution in [0.2, 0.25) is 0 Å². The molecule has 0 saturated heterocycles. The van der Waals surface area contributed by atoms with Gasteiger partial charge in [-0.1, -0.05) is 46.5 Å². The average molecular weight is 758 g/mol. The Morgan fingerprint density at radius 1 is 0.560 bits per heavy atom. The molecule has 0 aliphatic heterocycles. The van der Waals surface area contributed by atoms with Gasteiger partial charge in [0.1, 0.15) is 0 Å². The van der Waals surface area contributed by atoms with Crippen LogP contribution in [0.3, 0.4) is 0 Å². The molecule has 0 aromatic carbocycles. The molecule has 2 saturated carbocycles. The highest BCUT2D eigenvalue weighted by molar-refractivity contribution is 7.47. The lowest BCUT2D eigenvalue weighted by molar-refractivity contribution is -0.133. The summed E-state index contributed by atoms with van der Waals surface area (Å²) in [6.45, 7) is 4.01. The Hall–Kier alpha value is -1.45. The number of ether oxygens (including phenoxy) is 1. The number of aliphatic hydroxyl groups excluding tert-OH is 1. The molecule has 0 spiro atoms. The van der Waals surface area contributed by atoms with E-state index in [0.29, 0.717) is 13.2 Å². The maximum atomic E-state index is 12.5. The summed E-state index contributed by atoms with van der Waals surface area (Å²) < 4.78 is 50.9. The summed E-state index contributed by atoms with van der Waals surface area (Å²) in [4.78, 5) is 61.0. The first-order chi connectivity index (χ1) is 23.8. The molecule has 2 atom stereocenters. The summed E-state index contributed by atoms with van der Waals surface area (Å²) in [6.07, 6.45) is 10.7. The number of amides is 3. The van der Waals surface area contributed by atoms with Crippen molar-refractivity contribution >= 4 is 33.4 Å². The van der Waals surface area contributed by atoms with Crippen molar-refractivity contribution in [2.45, 2.75) is 97.5 Å². The van der Waals surface area contributed by atoms with Crippen LogP contribution >= 0.6 is 15.6 Å². The van der Waals surface area contributed by atoms with Gasteiger partial charge in [0.2, 0.25) is 17.7 Å². The fraction of sp³-hybridized carbons (Fsp3) is 0.906. The number of nitrogens with zero attached hydrogens (tertiary/aromatic N) is 3. The second-order valence-electron chi connectivity index (χ2n) is 12.6. The van der Waals surface area contributed by atoms with Crippen molar-refractivity contribution in [3.63, 3.8) is 0 Å². The zero-order chi connectivity index (χ0) is 37.0. The summed E-state index contributed by atoms with van der Waals surface area (Å²) in [5.74, 6) is 0.960. The predicted octanol–water partition coefficient (Wildman–Crippen LogP) is 3.73. The molecule has 3 N–H and O–H groups in total. The second kappa shape index (κ2) is 24.0. The Bertz CT molecular complexity index is 1100. The third-order valence-corrected chi connectivity index (χ3v) is 11.3. The molecule has 2 fully saturated rings. The van der Waals surface area contributed by atoms with Crippen LogP contribution < -0.4 is 0 Å². The van der Waals surface area contributed by atoms with Gasteiger partial charge in [0.25, 0.3) is 0 Å². The van der Waals surface area contributed by atoms with E-state index in [1.54, 1.807) is 25.7 Å². The third-order valence-electron chi connectivity index (χ3n) is 9.30. The number of phosphoric acid groups is 2. The van der Waals surface area contributed by atoms with E-state index in [1.165, 1.54) is 48.3 Å². The van der Waals surface area contributed by atoms with Crippen LogP contribution in [-0.2, 0) is 46.3 Å². The molecule has 0 radical (unpaired) electrons. The molecule has 18 heteroatoms. The highest BCUT2D eigenvalue weighted by atomic mass is 31.2. The van der Waals surface area contributed by atoms with E-state index in [9.17, 15) is 33.3 Å². The summed E-state index contributed by atoms with van der Waals surface area (Å²) in [7, 11) is -9.04. The largest absolute Gasteiger partial charge is 0.472 e. The number of hydrogen-bond acceptors (Lipinski definition) is 11. The zero-order valence-electron chi connectivity index (χ0n) is 30.2. The Labute approximate surface area is 297 Å². The molecular formula is C32H61N3O13P2. The Kier molecular flexibility index (Phi) is 21.4. The van der Waals surface area contributed by atoms with Crippen LogP contribution in [-0.4, -0.2) is 132 Å². The number of aliphatic hydroxyl groups is 1. The molecule has 0 aromatic heterocycles. The minimum absolute atomic E-state index is 0.0232. The van der Waals surface area contributed by atoms with Crippen molar-refractivity contribution in [2.24, 2.45) is 11.8 Å². The summed E-state index contributed by atoms with van der Waals surface area (Å²) >= 11 is 0. The molecule has 0 heterocycles. The quantitative estimate of drug-likeness (QED) is 0.108. The second-order valence-corrected chi connectivity index (χ2v) is 15.6. The first-order valence-corrected chi connectivity index (χ1v) is 21.1. The standard InChI is InChI=1S/C32H61N3O13P2/c1-4-30(37)33(15-21-36)17-23-45-49(40,41)47-25-19-35(32(39)6-3)20-26-48-50(42,43)46-24-18-34(31(38)5-2)16-22-44-29-13-11-28(12-14-29)27-9-7-8-10-27/h27-29,36H,4-26H2,1-3H3,(H,40,41)(H,42,43). The molecule has 3 amide bonds. The van der Waals surface area contributed by atoms with Crippen molar-refractivity contribution in [3.8, 4) is 0 Å². The smallest absolute Gasteiger partial charge is 0.395 e. The molecular weight excluding hydrogens is 696 g/mol. The van der Waals surface area contributed by atoms with Crippen molar-refractivity contribution in [1.29, 1.82) is 0 Å². The van der Waals surface area contributed by atoms with Crippen LogP contribution in [0.5, 0.6) is 0 Å². The van der Waals surface area contributed by atoms with Gasteiger partial charge in [-0.2, -0.15) is 0 Å². The Morgan fingerprint density at radius 3 is 1.26 bits per heavy atom. The van der Waals surface area contributed by atoms with Crippen LogP contribution in [0.1, 0.15) is 91.4 Å². The summed E-state index contributed by atoms with van der Waals surface area (Å²) in [5, 5.41) is 9.09. The molecule has 16 nitrogen and oxygen atoms in total. The molecule has 2 aliphatic carbocycles. The van der Waals surface area contributed by atoms with Crippen molar-refractivity contribution < 1.29 is 61.2 Å². The number of rotatable bonds is 26. The van der Waals surface area contributed by atoms with Crippen LogP contribution in [0.4, 0.5) is 0 Å². The predicted molar refractivity (Wildman–Crippen MR) is 185 cm³/mol. The SMILES string of the molecule is CCC(=O)N(CCO)CCOP(=O)(O)OCCN(CCOP(=O)(O)OCCN(CCOC1CCC(C2CCCC2)CC1)C(=O)CC)C(=O)CC. The Morgan fingerprint density at radius 2 is 0.900 bits per heavy atom. The monoisotopic (exact) mass is 757 g/mol. The van der Waals surface area contributed by atoms with Gasteiger partial charge in [0.15, 0.2) is 0 Å². The van der Waals surface area contributed by atoms with E-state index in [0.717, 1.165) is 24.7 Å². The number of hydrogen-bond donors (Lipinski definition) is 3. The maximum Gasteiger partial charge on any atom is 0.472 e. The van der Waals surface area contributed by atoms with Crippen LogP contribution in [0.25, 0.3) is 0 Å². The minimum atomic E-state index is -4.52. The van der Waals surface area contributed by atoms with Crippen molar-refractivity contribution in [3.05, 3.63) is 0 Å². The lowest BCUT2D eigenvalue weighted by Gasteiger charge is -2.32. The Balaban J connectivity index is 1.70. The molecule has 0 bridgehead atoms. The van der Waals surface area contributed by atoms with E-state index in [1.807, 2.05) is 0 Å². The lowest BCUT2D eigenvalue weighted by Crippen LogP contribution is -2.37. The van der Waals surface area contributed by atoms with Gasteiger partial charge < -0.3 is 34.3 Å².